The monoisotopic (exact) mass is 308 g/mol. The van der Waals surface area contributed by atoms with Crippen LogP contribution < -0.4 is 0 Å². The second kappa shape index (κ2) is 4.28. The van der Waals surface area contributed by atoms with Crippen LogP contribution in [0, 0.1) is 0 Å². The predicted octanol–water partition coefficient (Wildman–Crippen LogP) is 1.38. The highest BCUT2D eigenvalue weighted by Gasteiger charge is 2.48. The Morgan fingerprint density at radius 3 is 2.00 bits per heavy atom. The van der Waals surface area contributed by atoms with Crippen LogP contribution >= 0.6 is 22.2 Å². The summed E-state index contributed by atoms with van der Waals surface area (Å²) in [6.45, 7) is 7.73. The largest absolute Gasteiger partial charge is 0.533 e. The molecule has 0 unspecified atom stereocenters. The quantitative estimate of drug-likeness (QED) is 0.500. The molecule has 0 aliphatic carbocycles. The van der Waals surface area contributed by atoms with Crippen molar-refractivity contribution in [1.29, 1.82) is 0 Å². The van der Waals surface area contributed by atoms with Gasteiger partial charge in [0.25, 0.3) is 10.0 Å². The minimum absolute atomic E-state index is 1.17. The van der Waals surface area contributed by atoms with Crippen molar-refractivity contribution in [1.82, 2.24) is 0 Å². The summed E-state index contributed by atoms with van der Waals surface area (Å²) < 4.78 is 22.3. The van der Waals surface area contributed by atoms with Crippen LogP contribution in [-0.4, -0.2) is 34.3 Å². The van der Waals surface area contributed by atoms with Crippen LogP contribution in [-0.2, 0) is 16.5 Å². The Balaban J connectivity index is 2.76. The third-order valence-corrected chi connectivity index (χ3v) is 16.8. The molecule has 0 bridgehead atoms. The molecule has 0 amide bonds. The maximum Gasteiger partial charge on any atom is 0.533 e. The normalized spacial score (nSPS) is 32.1. The van der Waals surface area contributed by atoms with Gasteiger partial charge in [-0.3, -0.25) is 0 Å². The Hall–Kier alpha value is 1.29. The first-order valence-corrected chi connectivity index (χ1v) is 14.8. The van der Waals surface area contributed by atoms with Gasteiger partial charge in [-0.15, -0.1) is 0 Å². The van der Waals surface area contributed by atoms with Crippen LogP contribution in [0.15, 0.2) is 0 Å². The second-order valence-corrected chi connectivity index (χ2v) is 18.1. The summed E-state index contributed by atoms with van der Waals surface area (Å²) in [7, 11) is -8.61. The molecule has 1 rings (SSSR count). The standard InChI is InChI=1S/C4H14Cl2O4Si4/c1-12(2)7-11-8-14(5,6)10-13(3,4)9-12/h11H2,1-4H3. The van der Waals surface area contributed by atoms with Crippen molar-refractivity contribution in [2.24, 2.45) is 0 Å². The summed E-state index contributed by atoms with van der Waals surface area (Å²) >= 11 is 11.8. The third kappa shape index (κ3) is 4.43. The summed E-state index contributed by atoms with van der Waals surface area (Å²) in [5.74, 6) is 0. The van der Waals surface area contributed by atoms with Gasteiger partial charge in [-0.1, -0.05) is 22.2 Å². The van der Waals surface area contributed by atoms with Gasteiger partial charge in [0.15, 0.2) is 0 Å². The molecule has 84 valence electrons. The van der Waals surface area contributed by atoms with Crippen molar-refractivity contribution < 1.29 is 16.5 Å². The third-order valence-electron chi connectivity index (χ3n) is 1.49. The van der Waals surface area contributed by atoms with Gasteiger partial charge in [-0.2, -0.15) is 0 Å². The lowest BCUT2D eigenvalue weighted by molar-refractivity contribution is 0.277. The van der Waals surface area contributed by atoms with Crippen LogP contribution in [0.25, 0.3) is 0 Å². The average molecular weight is 309 g/mol. The molecule has 0 atom stereocenters. The topological polar surface area (TPSA) is 36.9 Å². The van der Waals surface area contributed by atoms with E-state index in [2.05, 4.69) is 0 Å². The Morgan fingerprint density at radius 1 is 0.857 bits per heavy atom. The first-order valence-electron chi connectivity index (χ1n) is 4.18. The molecule has 1 saturated heterocycles. The van der Waals surface area contributed by atoms with E-state index in [0.29, 0.717) is 0 Å². The molecule has 14 heavy (non-hydrogen) atoms. The number of hydrogen-bond donors (Lipinski definition) is 0. The molecule has 0 aromatic carbocycles. The lowest BCUT2D eigenvalue weighted by atomic mass is 11.9. The van der Waals surface area contributed by atoms with Crippen LogP contribution in [0.4, 0.5) is 0 Å². The fourth-order valence-corrected chi connectivity index (χ4v) is 16.9. The molecule has 4 nitrogen and oxygen atoms in total. The van der Waals surface area contributed by atoms with Crippen molar-refractivity contribution in [3.05, 3.63) is 0 Å². The number of hydrogen-bond acceptors (Lipinski definition) is 4. The van der Waals surface area contributed by atoms with E-state index in [0.717, 1.165) is 0 Å². The lowest BCUT2D eigenvalue weighted by Gasteiger charge is -2.38. The Kier molecular flexibility index (Phi) is 4.08. The van der Waals surface area contributed by atoms with Crippen molar-refractivity contribution in [3.63, 3.8) is 0 Å². The summed E-state index contributed by atoms with van der Waals surface area (Å²) in [6.07, 6.45) is 0. The molecule has 0 aromatic heterocycles. The molecule has 1 aliphatic heterocycles. The fourth-order valence-electron chi connectivity index (χ4n) is 1.20. The van der Waals surface area contributed by atoms with Crippen LogP contribution in [0.5, 0.6) is 0 Å². The molecule has 0 spiro atoms. The van der Waals surface area contributed by atoms with Crippen molar-refractivity contribution in [3.8, 4) is 0 Å². The highest BCUT2D eigenvalue weighted by molar-refractivity contribution is 7.41. The van der Waals surface area contributed by atoms with Crippen LogP contribution in [0.3, 0.4) is 0 Å². The summed E-state index contributed by atoms with van der Waals surface area (Å²) in [4.78, 5) is 0. The Labute approximate surface area is 99.0 Å². The Bertz CT molecular complexity index is 203. The molecule has 0 saturated carbocycles. The zero-order valence-corrected chi connectivity index (χ0v) is 14.5. The molecule has 1 fully saturated rings. The van der Waals surface area contributed by atoms with E-state index in [1.165, 1.54) is 0 Å². The molecule has 0 N–H and O–H groups in total. The maximum absolute atomic E-state index is 5.91. The van der Waals surface area contributed by atoms with E-state index in [9.17, 15) is 0 Å². The van der Waals surface area contributed by atoms with Crippen LogP contribution in [0.2, 0.25) is 26.2 Å². The van der Waals surface area contributed by atoms with Gasteiger partial charge in [-0.25, -0.2) is 0 Å². The highest BCUT2D eigenvalue weighted by atomic mass is 35.7. The van der Waals surface area contributed by atoms with Gasteiger partial charge in [0.05, 0.1) is 0 Å². The Morgan fingerprint density at radius 2 is 1.43 bits per heavy atom. The molecule has 0 aromatic rings. The first kappa shape index (κ1) is 13.4. The fraction of sp³-hybridized carbons (Fsp3) is 1.00. The molecule has 10 heteroatoms. The van der Waals surface area contributed by atoms with Gasteiger partial charge in [0.2, 0.25) is 0 Å². The predicted molar refractivity (Wildman–Crippen MR) is 65.3 cm³/mol. The first-order chi connectivity index (χ1) is 6.12. The average Bonchev–Trinajstić information content (AvgIpc) is 1.75. The zero-order chi connectivity index (χ0) is 11.0. The highest BCUT2D eigenvalue weighted by Crippen LogP contribution is 2.28. The van der Waals surface area contributed by atoms with E-state index >= 15 is 0 Å². The van der Waals surface area contributed by atoms with Gasteiger partial charge >= 0.3 is 24.3 Å². The second-order valence-electron chi connectivity index (χ2n) is 3.87. The molecular weight excluding hydrogens is 295 g/mol. The summed E-state index contributed by atoms with van der Waals surface area (Å²) in [5, 5.41) is 0. The van der Waals surface area contributed by atoms with Gasteiger partial charge < -0.3 is 16.5 Å². The van der Waals surface area contributed by atoms with Crippen molar-refractivity contribution >= 4 is 56.5 Å². The van der Waals surface area contributed by atoms with Crippen molar-refractivity contribution in [2.75, 3.05) is 0 Å². The summed E-state index contributed by atoms with van der Waals surface area (Å²) in [6, 6.07) is 0. The number of rotatable bonds is 0. The van der Waals surface area contributed by atoms with Crippen LogP contribution in [0.1, 0.15) is 0 Å². The minimum atomic E-state index is -3.03. The number of halogens is 2. The van der Waals surface area contributed by atoms with Gasteiger partial charge in [-0.05, 0) is 26.2 Å². The van der Waals surface area contributed by atoms with E-state index in [4.69, 9.17) is 38.6 Å². The van der Waals surface area contributed by atoms with E-state index in [-0.39, 0.29) is 0 Å². The SMILES string of the molecule is C[Si]1(C)O[SiH2]O[Si](Cl)(Cl)O[Si](C)(C)O1. The molecule has 0 radical (unpaired) electrons. The van der Waals surface area contributed by atoms with Gasteiger partial charge in [0.1, 0.15) is 0 Å². The van der Waals surface area contributed by atoms with E-state index < -0.39 is 34.3 Å². The van der Waals surface area contributed by atoms with Crippen molar-refractivity contribution in [2.45, 2.75) is 26.2 Å². The van der Waals surface area contributed by atoms with E-state index in [1.54, 1.807) is 0 Å². The lowest BCUT2D eigenvalue weighted by Crippen LogP contribution is -2.56. The molecular formula is C4H14Cl2O4Si4. The van der Waals surface area contributed by atoms with Gasteiger partial charge in [0, 0.05) is 0 Å². The zero-order valence-electron chi connectivity index (χ0n) is 8.60. The maximum atomic E-state index is 5.91. The molecule has 1 aliphatic rings. The minimum Gasteiger partial charge on any atom is -0.420 e. The summed E-state index contributed by atoms with van der Waals surface area (Å²) in [5.41, 5.74) is 0. The van der Waals surface area contributed by atoms with E-state index in [1.807, 2.05) is 26.2 Å². The molecule has 1 heterocycles. The smallest absolute Gasteiger partial charge is 0.420 e.